The third kappa shape index (κ3) is 5.39. The maximum atomic E-state index is 12.4. The van der Waals surface area contributed by atoms with E-state index in [0.29, 0.717) is 13.0 Å². The van der Waals surface area contributed by atoms with Crippen molar-refractivity contribution in [3.05, 3.63) is 53.0 Å². The van der Waals surface area contributed by atoms with E-state index in [9.17, 15) is 4.79 Å². The Morgan fingerprint density at radius 2 is 1.85 bits per heavy atom. The van der Waals surface area contributed by atoms with E-state index in [1.165, 1.54) is 0 Å². The molecule has 1 aliphatic rings. The number of nitrogens with zero attached hydrogens (tertiary/aromatic N) is 2. The third-order valence-corrected chi connectivity index (χ3v) is 5.15. The summed E-state index contributed by atoms with van der Waals surface area (Å²) in [6.45, 7) is 3.66. The summed E-state index contributed by atoms with van der Waals surface area (Å²) < 4.78 is 12.1. The molecule has 27 heavy (non-hydrogen) atoms. The van der Waals surface area contributed by atoms with Crippen molar-refractivity contribution in [1.82, 2.24) is 4.90 Å². The summed E-state index contributed by atoms with van der Waals surface area (Å²) in [5, 5.41) is 0. The Balaban J connectivity index is 1.41. The molecular formula is C21H25BrN2O3. The number of hydrogen-bond acceptors (Lipinski definition) is 4. The standard InChI is InChI=1S/C21H25BrN2O3/c1-26-20-9-3-2-8-19(20)23-11-13-24(14-12-23)21(25)10-5-15-27-18-7-4-6-17(22)16-18/h2-4,6-9,16H,5,10-15H2,1H3. The molecule has 1 aliphatic heterocycles. The maximum absolute atomic E-state index is 12.4. The monoisotopic (exact) mass is 432 g/mol. The Labute approximate surface area is 169 Å². The molecule has 1 amide bonds. The van der Waals surface area contributed by atoms with Gasteiger partial charge in [0.05, 0.1) is 19.4 Å². The van der Waals surface area contributed by atoms with Crippen LogP contribution in [-0.4, -0.2) is 50.7 Å². The van der Waals surface area contributed by atoms with Crippen molar-refractivity contribution in [3.8, 4) is 11.5 Å². The van der Waals surface area contributed by atoms with Gasteiger partial charge in [0.25, 0.3) is 0 Å². The van der Waals surface area contributed by atoms with E-state index in [4.69, 9.17) is 9.47 Å². The zero-order valence-electron chi connectivity index (χ0n) is 15.6. The van der Waals surface area contributed by atoms with Gasteiger partial charge in [-0.2, -0.15) is 0 Å². The number of para-hydroxylation sites is 2. The van der Waals surface area contributed by atoms with Gasteiger partial charge in [0, 0.05) is 37.1 Å². The molecule has 1 fully saturated rings. The van der Waals surface area contributed by atoms with E-state index in [0.717, 1.165) is 54.3 Å². The zero-order valence-corrected chi connectivity index (χ0v) is 17.2. The van der Waals surface area contributed by atoms with E-state index >= 15 is 0 Å². The molecule has 3 rings (SSSR count). The molecule has 0 bridgehead atoms. The van der Waals surface area contributed by atoms with Gasteiger partial charge in [-0.1, -0.05) is 34.1 Å². The van der Waals surface area contributed by atoms with Crippen LogP contribution in [0.4, 0.5) is 5.69 Å². The largest absolute Gasteiger partial charge is 0.495 e. The Bertz CT molecular complexity index is 761. The van der Waals surface area contributed by atoms with Crippen LogP contribution in [0, 0.1) is 0 Å². The van der Waals surface area contributed by atoms with Crippen molar-refractivity contribution in [3.63, 3.8) is 0 Å². The number of rotatable bonds is 7. The van der Waals surface area contributed by atoms with Gasteiger partial charge >= 0.3 is 0 Å². The maximum Gasteiger partial charge on any atom is 0.222 e. The van der Waals surface area contributed by atoms with Crippen molar-refractivity contribution in [1.29, 1.82) is 0 Å². The summed E-state index contributed by atoms with van der Waals surface area (Å²) >= 11 is 3.42. The first-order valence-electron chi connectivity index (χ1n) is 9.21. The van der Waals surface area contributed by atoms with Gasteiger partial charge in [-0.25, -0.2) is 0 Å². The molecule has 1 heterocycles. The smallest absolute Gasteiger partial charge is 0.222 e. The average molecular weight is 433 g/mol. The SMILES string of the molecule is COc1ccccc1N1CCN(C(=O)CCCOc2cccc(Br)c2)CC1. The Morgan fingerprint density at radius 3 is 2.59 bits per heavy atom. The molecule has 0 radical (unpaired) electrons. The summed E-state index contributed by atoms with van der Waals surface area (Å²) in [6.07, 6.45) is 1.24. The lowest BCUT2D eigenvalue weighted by Crippen LogP contribution is -2.48. The van der Waals surface area contributed by atoms with Gasteiger partial charge in [0.15, 0.2) is 0 Å². The van der Waals surface area contributed by atoms with E-state index in [1.807, 2.05) is 47.4 Å². The van der Waals surface area contributed by atoms with Gasteiger partial charge in [-0.05, 0) is 36.8 Å². The molecule has 5 nitrogen and oxygen atoms in total. The number of ether oxygens (including phenoxy) is 2. The van der Waals surface area contributed by atoms with Crippen LogP contribution in [0.3, 0.4) is 0 Å². The summed E-state index contributed by atoms with van der Waals surface area (Å²) in [5.41, 5.74) is 1.09. The highest BCUT2D eigenvalue weighted by Gasteiger charge is 2.22. The minimum atomic E-state index is 0.201. The summed E-state index contributed by atoms with van der Waals surface area (Å²) in [6, 6.07) is 15.8. The second-order valence-electron chi connectivity index (χ2n) is 6.45. The topological polar surface area (TPSA) is 42.0 Å². The molecule has 0 spiro atoms. The fraction of sp³-hybridized carbons (Fsp3) is 0.381. The van der Waals surface area contributed by atoms with Crippen LogP contribution in [-0.2, 0) is 4.79 Å². The lowest BCUT2D eigenvalue weighted by molar-refractivity contribution is -0.131. The lowest BCUT2D eigenvalue weighted by Gasteiger charge is -2.36. The number of carbonyl (C=O) groups is 1. The number of halogens is 1. The third-order valence-electron chi connectivity index (χ3n) is 4.66. The van der Waals surface area contributed by atoms with Crippen LogP contribution in [0.25, 0.3) is 0 Å². The molecule has 0 N–H and O–H groups in total. The predicted molar refractivity (Wildman–Crippen MR) is 111 cm³/mol. The first-order chi connectivity index (χ1) is 13.2. The van der Waals surface area contributed by atoms with Gasteiger partial charge in [0.1, 0.15) is 11.5 Å². The van der Waals surface area contributed by atoms with Crippen molar-refractivity contribution in [2.75, 3.05) is 44.8 Å². The van der Waals surface area contributed by atoms with Crippen LogP contribution >= 0.6 is 15.9 Å². The van der Waals surface area contributed by atoms with Crippen molar-refractivity contribution >= 4 is 27.5 Å². The molecule has 0 unspecified atom stereocenters. The van der Waals surface area contributed by atoms with Crippen LogP contribution in [0.15, 0.2) is 53.0 Å². The Kier molecular flexibility index (Phi) is 6.98. The molecule has 0 atom stereocenters. The van der Waals surface area contributed by atoms with Crippen molar-refractivity contribution < 1.29 is 14.3 Å². The average Bonchev–Trinajstić information content (AvgIpc) is 2.71. The number of benzene rings is 2. The van der Waals surface area contributed by atoms with E-state index in [1.54, 1.807) is 7.11 Å². The van der Waals surface area contributed by atoms with Crippen LogP contribution in [0.5, 0.6) is 11.5 Å². The molecule has 0 aromatic heterocycles. The summed E-state index contributed by atoms with van der Waals surface area (Å²) in [7, 11) is 1.69. The second kappa shape index (κ2) is 9.65. The fourth-order valence-corrected chi connectivity index (χ4v) is 3.59. The molecular weight excluding hydrogens is 408 g/mol. The Morgan fingerprint density at radius 1 is 1.07 bits per heavy atom. The first kappa shape index (κ1) is 19.5. The van der Waals surface area contributed by atoms with E-state index < -0.39 is 0 Å². The number of methoxy groups -OCH3 is 1. The highest BCUT2D eigenvalue weighted by molar-refractivity contribution is 9.10. The fourth-order valence-electron chi connectivity index (χ4n) is 3.22. The normalized spacial score (nSPS) is 14.1. The molecule has 2 aromatic rings. The van der Waals surface area contributed by atoms with Crippen LogP contribution in [0.1, 0.15) is 12.8 Å². The van der Waals surface area contributed by atoms with Crippen molar-refractivity contribution in [2.45, 2.75) is 12.8 Å². The predicted octanol–water partition coefficient (Wildman–Crippen LogP) is 3.97. The first-order valence-corrected chi connectivity index (χ1v) is 10.0. The minimum Gasteiger partial charge on any atom is -0.495 e. The van der Waals surface area contributed by atoms with E-state index in [-0.39, 0.29) is 5.91 Å². The Hall–Kier alpha value is -2.21. The number of piperazine rings is 1. The number of hydrogen-bond donors (Lipinski definition) is 0. The minimum absolute atomic E-state index is 0.201. The molecule has 2 aromatic carbocycles. The lowest BCUT2D eigenvalue weighted by atomic mass is 10.2. The van der Waals surface area contributed by atoms with Gasteiger partial charge in [-0.3, -0.25) is 4.79 Å². The second-order valence-corrected chi connectivity index (χ2v) is 7.36. The summed E-state index contributed by atoms with van der Waals surface area (Å²) in [4.78, 5) is 16.7. The molecule has 144 valence electrons. The van der Waals surface area contributed by atoms with Gasteiger partial charge < -0.3 is 19.3 Å². The molecule has 0 saturated carbocycles. The summed E-state index contributed by atoms with van der Waals surface area (Å²) in [5.74, 6) is 1.90. The van der Waals surface area contributed by atoms with Gasteiger partial charge in [0.2, 0.25) is 5.91 Å². The molecule has 1 saturated heterocycles. The van der Waals surface area contributed by atoms with Crippen LogP contribution < -0.4 is 14.4 Å². The number of amides is 1. The van der Waals surface area contributed by atoms with Crippen molar-refractivity contribution in [2.24, 2.45) is 0 Å². The molecule has 6 heteroatoms. The zero-order chi connectivity index (χ0) is 19.1. The van der Waals surface area contributed by atoms with Gasteiger partial charge in [-0.15, -0.1) is 0 Å². The highest BCUT2D eigenvalue weighted by atomic mass is 79.9. The number of carbonyl (C=O) groups excluding carboxylic acids is 1. The quantitative estimate of drug-likeness (QED) is 0.620. The highest BCUT2D eigenvalue weighted by Crippen LogP contribution is 2.28. The van der Waals surface area contributed by atoms with E-state index in [2.05, 4.69) is 26.9 Å². The number of anilines is 1. The molecule has 0 aliphatic carbocycles. The van der Waals surface area contributed by atoms with Crippen LogP contribution in [0.2, 0.25) is 0 Å².